The maximum atomic E-state index is 5.93. The average molecular weight is 232 g/mol. The molecular weight excluding hydrogens is 210 g/mol. The van der Waals surface area contributed by atoms with E-state index >= 15 is 0 Å². The molecular formula is C15H22NO+. The number of fused-ring (bicyclic) bond motifs is 1. The molecule has 2 aliphatic heterocycles. The van der Waals surface area contributed by atoms with E-state index in [2.05, 4.69) is 44.3 Å². The summed E-state index contributed by atoms with van der Waals surface area (Å²) in [5.74, 6) is 0. The molecule has 2 fully saturated rings. The van der Waals surface area contributed by atoms with E-state index in [1.807, 2.05) is 0 Å². The molecule has 2 nitrogen and oxygen atoms in total. The van der Waals surface area contributed by atoms with Gasteiger partial charge in [0.15, 0.2) is 0 Å². The maximum absolute atomic E-state index is 5.93. The van der Waals surface area contributed by atoms with Crippen molar-refractivity contribution in [3.8, 4) is 0 Å². The molecule has 3 rings (SSSR count). The van der Waals surface area contributed by atoms with Crippen LogP contribution in [0.25, 0.3) is 0 Å². The van der Waals surface area contributed by atoms with Crippen LogP contribution in [-0.4, -0.2) is 36.3 Å². The first kappa shape index (κ1) is 11.2. The van der Waals surface area contributed by atoms with Crippen LogP contribution in [-0.2, 0) is 11.3 Å². The summed E-state index contributed by atoms with van der Waals surface area (Å²) < 4.78 is 7.07. The van der Waals surface area contributed by atoms with Crippen LogP contribution in [0.15, 0.2) is 30.3 Å². The van der Waals surface area contributed by atoms with Gasteiger partial charge in [0.05, 0.1) is 19.7 Å². The van der Waals surface area contributed by atoms with Gasteiger partial charge in [-0.25, -0.2) is 0 Å². The van der Waals surface area contributed by atoms with Crippen molar-refractivity contribution in [1.29, 1.82) is 0 Å². The van der Waals surface area contributed by atoms with Gasteiger partial charge in [-0.1, -0.05) is 37.3 Å². The summed E-state index contributed by atoms with van der Waals surface area (Å²) in [6.07, 6.45) is 2.96. The molecule has 0 radical (unpaired) electrons. The van der Waals surface area contributed by atoms with Crippen LogP contribution in [0.3, 0.4) is 0 Å². The smallest absolute Gasteiger partial charge is 0.143 e. The van der Waals surface area contributed by atoms with Gasteiger partial charge in [-0.2, -0.15) is 0 Å². The molecule has 2 saturated heterocycles. The van der Waals surface area contributed by atoms with Gasteiger partial charge in [-0.15, -0.1) is 0 Å². The number of hydrogen-bond acceptors (Lipinski definition) is 1. The van der Waals surface area contributed by atoms with E-state index in [-0.39, 0.29) is 5.60 Å². The highest BCUT2D eigenvalue weighted by molar-refractivity contribution is 5.14. The number of nitrogens with zero attached hydrogens (tertiary/aromatic N) is 1. The number of likely N-dealkylation sites (tertiary alicyclic amines) is 1. The van der Waals surface area contributed by atoms with Gasteiger partial charge in [0.25, 0.3) is 0 Å². The zero-order valence-electron chi connectivity index (χ0n) is 10.9. The standard InChI is InChI=1S/C15H22NO/c1-3-15-12-16(2,10-9-14(15)17-15)11-13-7-5-4-6-8-13/h4-8,14H,3,9-12H2,1-2H3/q+1. The maximum Gasteiger partial charge on any atom is 0.143 e. The molecule has 17 heavy (non-hydrogen) atoms. The average Bonchev–Trinajstić information content (AvgIpc) is 3.04. The SMILES string of the molecule is CCC12C[N+](C)(Cc3ccccc3)CCC1O2. The number of hydrogen-bond donors (Lipinski definition) is 0. The van der Waals surface area contributed by atoms with E-state index < -0.39 is 0 Å². The molecule has 0 amide bonds. The number of rotatable bonds is 3. The van der Waals surface area contributed by atoms with E-state index in [0.717, 1.165) is 11.0 Å². The Labute approximate surface area is 104 Å². The highest BCUT2D eigenvalue weighted by atomic mass is 16.6. The predicted octanol–water partition coefficient (Wildman–Crippen LogP) is 2.58. The quantitative estimate of drug-likeness (QED) is 0.576. The van der Waals surface area contributed by atoms with Crippen molar-refractivity contribution in [3.63, 3.8) is 0 Å². The molecule has 0 spiro atoms. The number of quaternary nitrogens is 1. The normalized spacial score (nSPS) is 39.8. The summed E-state index contributed by atoms with van der Waals surface area (Å²) in [5.41, 5.74) is 1.67. The minimum Gasteiger partial charge on any atom is -0.360 e. The van der Waals surface area contributed by atoms with Gasteiger partial charge >= 0.3 is 0 Å². The topological polar surface area (TPSA) is 12.5 Å². The summed E-state index contributed by atoms with van der Waals surface area (Å²) in [4.78, 5) is 0. The Morgan fingerprint density at radius 2 is 2.12 bits per heavy atom. The van der Waals surface area contributed by atoms with Crippen molar-refractivity contribution in [1.82, 2.24) is 0 Å². The number of ether oxygens (including phenoxy) is 1. The van der Waals surface area contributed by atoms with Gasteiger partial charge in [-0.05, 0) is 6.42 Å². The van der Waals surface area contributed by atoms with Crippen molar-refractivity contribution >= 4 is 0 Å². The lowest BCUT2D eigenvalue weighted by molar-refractivity contribution is -0.928. The molecule has 0 saturated carbocycles. The molecule has 1 aromatic carbocycles. The zero-order chi connectivity index (χ0) is 11.9. The van der Waals surface area contributed by atoms with Gasteiger partial charge in [-0.3, -0.25) is 0 Å². The van der Waals surface area contributed by atoms with Gasteiger partial charge in [0.2, 0.25) is 0 Å². The third kappa shape index (κ3) is 2.00. The fraction of sp³-hybridized carbons (Fsp3) is 0.600. The fourth-order valence-electron chi connectivity index (χ4n) is 3.45. The Hall–Kier alpha value is -0.860. The van der Waals surface area contributed by atoms with E-state index in [9.17, 15) is 0 Å². The van der Waals surface area contributed by atoms with Crippen LogP contribution in [0.2, 0.25) is 0 Å². The minimum atomic E-state index is 0.224. The van der Waals surface area contributed by atoms with E-state index in [1.54, 1.807) is 0 Å². The number of benzene rings is 1. The van der Waals surface area contributed by atoms with Crippen LogP contribution < -0.4 is 0 Å². The van der Waals surface area contributed by atoms with Gasteiger partial charge in [0.1, 0.15) is 18.7 Å². The molecule has 0 N–H and O–H groups in total. The Kier molecular flexibility index (Phi) is 2.53. The first-order valence-corrected chi connectivity index (χ1v) is 6.71. The van der Waals surface area contributed by atoms with E-state index in [0.29, 0.717) is 6.10 Å². The molecule has 2 heteroatoms. The first-order chi connectivity index (χ1) is 8.16. The zero-order valence-corrected chi connectivity index (χ0v) is 10.9. The van der Waals surface area contributed by atoms with Crippen molar-refractivity contribution < 1.29 is 9.22 Å². The van der Waals surface area contributed by atoms with E-state index in [4.69, 9.17) is 4.74 Å². The van der Waals surface area contributed by atoms with Crippen molar-refractivity contribution in [2.75, 3.05) is 20.1 Å². The monoisotopic (exact) mass is 232 g/mol. The number of likely N-dealkylation sites (N-methyl/N-ethyl adjacent to an activating group) is 1. The first-order valence-electron chi connectivity index (χ1n) is 6.71. The van der Waals surface area contributed by atoms with Crippen LogP contribution >= 0.6 is 0 Å². The Morgan fingerprint density at radius 1 is 1.35 bits per heavy atom. The molecule has 1 aromatic rings. The third-order valence-corrected chi connectivity index (χ3v) is 4.49. The highest BCUT2D eigenvalue weighted by Crippen LogP contribution is 2.47. The summed E-state index contributed by atoms with van der Waals surface area (Å²) in [6, 6.07) is 10.8. The molecule has 0 aromatic heterocycles. The second-order valence-corrected chi connectivity index (χ2v) is 5.96. The van der Waals surface area contributed by atoms with Crippen LogP contribution in [0.4, 0.5) is 0 Å². The number of piperidine rings is 1. The highest BCUT2D eigenvalue weighted by Gasteiger charge is 2.62. The molecule has 0 bridgehead atoms. The Morgan fingerprint density at radius 3 is 2.82 bits per heavy atom. The third-order valence-electron chi connectivity index (χ3n) is 4.49. The number of epoxide rings is 1. The van der Waals surface area contributed by atoms with Crippen molar-refractivity contribution in [3.05, 3.63) is 35.9 Å². The summed E-state index contributed by atoms with van der Waals surface area (Å²) in [7, 11) is 2.38. The summed E-state index contributed by atoms with van der Waals surface area (Å²) in [6.45, 7) is 5.83. The van der Waals surface area contributed by atoms with Gasteiger partial charge < -0.3 is 9.22 Å². The molecule has 3 atom stereocenters. The molecule has 2 heterocycles. The van der Waals surface area contributed by atoms with Crippen LogP contribution in [0.5, 0.6) is 0 Å². The molecule has 92 valence electrons. The lowest BCUT2D eigenvalue weighted by Gasteiger charge is -2.39. The van der Waals surface area contributed by atoms with E-state index in [1.165, 1.54) is 31.5 Å². The molecule has 3 unspecified atom stereocenters. The lowest BCUT2D eigenvalue weighted by atomic mass is 9.93. The fourth-order valence-corrected chi connectivity index (χ4v) is 3.45. The minimum absolute atomic E-state index is 0.224. The van der Waals surface area contributed by atoms with Crippen LogP contribution in [0, 0.1) is 0 Å². The predicted molar refractivity (Wildman–Crippen MR) is 68.6 cm³/mol. The summed E-state index contributed by atoms with van der Waals surface area (Å²) in [5, 5.41) is 0. The van der Waals surface area contributed by atoms with Gasteiger partial charge in [0, 0.05) is 12.0 Å². The largest absolute Gasteiger partial charge is 0.360 e. The van der Waals surface area contributed by atoms with Crippen molar-refractivity contribution in [2.24, 2.45) is 0 Å². The Balaban J connectivity index is 1.74. The van der Waals surface area contributed by atoms with Crippen molar-refractivity contribution in [2.45, 2.75) is 38.0 Å². The second-order valence-electron chi connectivity index (χ2n) is 5.96. The lowest BCUT2D eigenvalue weighted by Crippen LogP contribution is -2.54. The summed E-state index contributed by atoms with van der Waals surface area (Å²) >= 11 is 0. The van der Waals surface area contributed by atoms with Crippen LogP contribution in [0.1, 0.15) is 25.3 Å². The molecule has 2 aliphatic rings. The second kappa shape index (κ2) is 3.82. The Bertz CT molecular complexity index is 405. The molecule has 0 aliphatic carbocycles.